The quantitative estimate of drug-likeness (QED) is 0.543. The average molecular weight is 439 g/mol. The number of nitrogens with one attached hydrogen (secondary N) is 2. The molecule has 1 aliphatic rings. The lowest BCUT2D eigenvalue weighted by Crippen LogP contribution is -2.16. The van der Waals surface area contributed by atoms with Gasteiger partial charge in [0.25, 0.3) is 0 Å². The van der Waals surface area contributed by atoms with Crippen LogP contribution in [-0.4, -0.2) is 30.3 Å². The molecule has 4 rings (SSSR count). The normalized spacial score (nSPS) is 15.1. The van der Waals surface area contributed by atoms with Gasteiger partial charge in [-0.05, 0) is 37.3 Å². The number of methoxy groups -OCH3 is 2. The molecular weight excluding hydrogens is 416 g/mol. The van der Waals surface area contributed by atoms with Gasteiger partial charge in [0.1, 0.15) is 0 Å². The number of aromatic amines is 1. The van der Waals surface area contributed by atoms with Crippen LogP contribution in [0.1, 0.15) is 29.2 Å². The lowest BCUT2D eigenvalue weighted by Gasteiger charge is -2.25. The maximum Gasteiger partial charge on any atom is 0.247 e. The van der Waals surface area contributed by atoms with E-state index in [4.69, 9.17) is 9.47 Å². The number of nitrogens with zero attached hydrogens (tertiary/aromatic N) is 1. The Kier molecular flexibility index (Phi) is 5.94. The summed E-state index contributed by atoms with van der Waals surface area (Å²) < 4.78 is 40.1. The van der Waals surface area contributed by atoms with Gasteiger partial charge in [0.05, 0.1) is 25.6 Å². The van der Waals surface area contributed by atoms with E-state index in [1.165, 1.54) is 26.4 Å². The fourth-order valence-corrected chi connectivity index (χ4v) is 4.22. The van der Waals surface area contributed by atoms with Gasteiger partial charge in [-0.15, -0.1) is 0 Å². The third kappa shape index (κ3) is 3.72. The SMILES string of the molecule is C=CC(=O)Nc1ccccc1-c1n[nH]c2c1CC[C@@H](c1c(F)c(OC)cc(OC)c1F)C2. The topological polar surface area (TPSA) is 76.2 Å². The summed E-state index contributed by atoms with van der Waals surface area (Å²) >= 11 is 0. The number of hydrogen-bond acceptors (Lipinski definition) is 4. The number of hydrogen-bond donors (Lipinski definition) is 2. The van der Waals surface area contributed by atoms with E-state index in [0.29, 0.717) is 30.6 Å². The highest BCUT2D eigenvalue weighted by atomic mass is 19.1. The Balaban J connectivity index is 1.70. The van der Waals surface area contributed by atoms with Gasteiger partial charge in [-0.25, -0.2) is 8.78 Å². The number of halogens is 2. The van der Waals surface area contributed by atoms with E-state index < -0.39 is 17.6 Å². The van der Waals surface area contributed by atoms with E-state index in [2.05, 4.69) is 22.1 Å². The molecule has 0 aliphatic heterocycles. The van der Waals surface area contributed by atoms with Crippen LogP contribution < -0.4 is 14.8 Å². The van der Waals surface area contributed by atoms with Crippen molar-refractivity contribution in [1.29, 1.82) is 0 Å². The van der Waals surface area contributed by atoms with Gasteiger partial charge in [-0.3, -0.25) is 9.89 Å². The number of para-hydroxylation sites is 1. The molecule has 0 fully saturated rings. The van der Waals surface area contributed by atoms with Gasteiger partial charge < -0.3 is 14.8 Å². The number of carbonyl (C=O) groups excluding carboxylic acids is 1. The average Bonchev–Trinajstić information content (AvgIpc) is 3.23. The van der Waals surface area contributed by atoms with Crippen molar-refractivity contribution in [3.05, 3.63) is 71.4 Å². The first-order valence-electron chi connectivity index (χ1n) is 10.2. The minimum atomic E-state index is -0.712. The van der Waals surface area contributed by atoms with Gasteiger partial charge in [-0.2, -0.15) is 5.10 Å². The molecule has 1 aromatic heterocycles. The summed E-state index contributed by atoms with van der Waals surface area (Å²) in [4.78, 5) is 11.8. The summed E-state index contributed by atoms with van der Waals surface area (Å²) in [6.45, 7) is 3.48. The maximum absolute atomic E-state index is 15.0. The molecule has 1 amide bonds. The van der Waals surface area contributed by atoms with Crippen molar-refractivity contribution in [3.63, 3.8) is 0 Å². The molecule has 1 aliphatic carbocycles. The number of rotatable bonds is 6. The second-order valence-corrected chi connectivity index (χ2v) is 7.53. The Hall–Kier alpha value is -3.68. The first kappa shape index (κ1) is 21.5. The minimum Gasteiger partial charge on any atom is -0.494 e. The number of ether oxygens (including phenoxy) is 2. The molecule has 1 atom stereocenters. The highest BCUT2D eigenvalue weighted by Gasteiger charge is 2.32. The monoisotopic (exact) mass is 439 g/mol. The third-order valence-electron chi connectivity index (χ3n) is 5.79. The second-order valence-electron chi connectivity index (χ2n) is 7.53. The van der Waals surface area contributed by atoms with Gasteiger partial charge in [0.15, 0.2) is 23.1 Å². The minimum absolute atomic E-state index is 0.0401. The van der Waals surface area contributed by atoms with Crippen LogP contribution in [0.4, 0.5) is 14.5 Å². The van der Waals surface area contributed by atoms with Crippen LogP contribution in [0.2, 0.25) is 0 Å². The zero-order valence-electron chi connectivity index (χ0n) is 17.8. The molecule has 0 spiro atoms. The molecule has 1 heterocycles. The number of carbonyl (C=O) groups is 1. The molecule has 32 heavy (non-hydrogen) atoms. The van der Waals surface area contributed by atoms with Crippen LogP contribution in [0.5, 0.6) is 11.5 Å². The lowest BCUT2D eigenvalue weighted by molar-refractivity contribution is -0.111. The summed E-state index contributed by atoms with van der Waals surface area (Å²) in [6.07, 6.45) is 2.67. The Labute approximate surface area is 184 Å². The predicted molar refractivity (Wildman–Crippen MR) is 117 cm³/mol. The second kappa shape index (κ2) is 8.82. The first-order chi connectivity index (χ1) is 15.5. The van der Waals surface area contributed by atoms with Crippen LogP contribution in [0, 0.1) is 11.6 Å². The molecule has 3 aromatic rings. The Morgan fingerprint density at radius 1 is 1.22 bits per heavy atom. The zero-order valence-corrected chi connectivity index (χ0v) is 17.8. The van der Waals surface area contributed by atoms with Crippen LogP contribution in [0.15, 0.2) is 43.0 Å². The van der Waals surface area contributed by atoms with Crippen molar-refractivity contribution in [2.45, 2.75) is 25.2 Å². The number of benzene rings is 2. The fourth-order valence-electron chi connectivity index (χ4n) is 4.22. The summed E-state index contributed by atoms with van der Waals surface area (Å²) in [5, 5.41) is 10.3. The molecule has 0 saturated carbocycles. The van der Waals surface area contributed by atoms with Crippen molar-refractivity contribution in [2.24, 2.45) is 0 Å². The van der Waals surface area contributed by atoms with Crippen molar-refractivity contribution in [3.8, 4) is 22.8 Å². The molecule has 0 unspecified atom stereocenters. The summed E-state index contributed by atoms with van der Waals surface area (Å²) in [6, 6.07) is 8.55. The van der Waals surface area contributed by atoms with E-state index in [9.17, 15) is 13.6 Å². The number of H-pyrrole nitrogens is 1. The maximum atomic E-state index is 15.0. The molecule has 0 radical (unpaired) electrons. The molecule has 0 bridgehead atoms. The Morgan fingerprint density at radius 3 is 2.56 bits per heavy atom. The van der Waals surface area contributed by atoms with E-state index in [1.807, 2.05) is 18.2 Å². The number of aromatic nitrogens is 2. The molecular formula is C24H23F2N3O3. The van der Waals surface area contributed by atoms with Crippen LogP contribution >= 0.6 is 0 Å². The molecule has 2 N–H and O–H groups in total. The predicted octanol–water partition coefficient (Wildman–Crippen LogP) is 4.77. The van der Waals surface area contributed by atoms with Gasteiger partial charge in [0.2, 0.25) is 5.91 Å². The van der Waals surface area contributed by atoms with Crippen molar-refractivity contribution in [2.75, 3.05) is 19.5 Å². The summed E-state index contributed by atoms with van der Waals surface area (Å²) in [5.41, 5.74) is 3.82. The first-order valence-corrected chi connectivity index (χ1v) is 10.2. The van der Waals surface area contributed by atoms with Crippen molar-refractivity contribution >= 4 is 11.6 Å². The number of fused-ring (bicyclic) bond motifs is 1. The van der Waals surface area contributed by atoms with Gasteiger partial charge >= 0.3 is 0 Å². The van der Waals surface area contributed by atoms with E-state index in [0.717, 1.165) is 16.8 Å². The molecule has 8 heteroatoms. The molecule has 166 valence electrons. The largest absolute Gasteiger partial charge is 0.494 e. The summed E-state index contributed by atoms with van der Waals surface area (Å²) in [5.74, 6) is -2.26. The van der Waals surface area contributed by atoms with Gasteiger partial charge in [0, 0.05) is 28.5 Å². The summed E-state index contributed by atoms with van der Waals surface area (Å²) in [7, 11) is 2.67. The Morgan fingerprint density at radius 2 is 1.91 bits per heavy atom. The Bertz CT molecular complexity index is 1160. The van der Waals surface area contributed by atoms with Crippen LogP contribution in [-0.2, 0) is 17.6 Å². The fraction of sp³-hybridized carbons (Fsp3) is 0.250. The number of amides is 1. The van der Waals surface area contributed by atoms with Crippen LogP contribution in [0.3, 0.4) is 0 Å². The lowest BCUT2D eigenvalue weighted by atomic mass is 9.81. The molecule has 6 nitrogen and oxygen atoms in total. The van der Waals surface area contributed by atoms with Gasteiger partial charge in [-0.1, -0.05) is 24.8 Å². The smallest absolute Gasteiger partial charge is 0.247 e. The molecule has 0 saturated heterocycles. The van der Waals surface area contributed by atoms with Crippen molar-refractivity contribution in [1.82, 2.24) is 10.2 Å². The zero-order chi connectivity index (χ0) is 22.8. The van der Waals surface area contributed by atoms with Crippen molar-refractivity contribution < 1.29 is 23.0 Å². The third-order valence-corrected chi connectivity index (χ3v) is 5.79. The molecule has 2 aromatic carbocycles. The highest BCUT2D eigenvalue weighted by molar-refractivity contribution is 6.01. The van der Waals surface area contributed by atoms with Crippen LogP contribution in [0.25, 0.3) is 11.3 Å². The van der Waals surface area contributed by atoms with E-state index in [-0.39, 0.29) is 23.0 Å². The van der Waals surface area contributed by atoms with E-state index >= 15 is 0 Å². The van der Waals surface area contributed by atoms with E-state index in [1.54, 1.807) is 6.07 Å². The standard InChI is InChI=1S/C24H23F2N3O3/c1-4-20(30)27-16-8-6-5-7-14(16)24-15-10-9-13(11-17(15)28-29-24)21-22(25)18(31-2)12-19(32-3)23(21)26/h4-8,12-13H,1,9-11H2,2-3H3,(H,27,30)(H,28,29)/t13-/m1/s1. The highest BCUT2D eigenvalue weighted by Crippen LogP contribution is 2.42. The number of anilines is 1.